The maximum absolute atomic E-state index is 11.4. The van der Waals surface area contributed by atoms with Crippen LogP contribution in [-0.2, 0) is 0 Å². The fraction of sp³-hybridized carbons (Fsp3) is 0.471. The highest BCUT2D eigenvalue weighted by Crippen LogP contribution is 2.36. The van der Waals surface area contributed by atoms with Crippen molar-refractivity contribution in [2.24, 2.45) is 5.92 Å². The summed E-state index contributed by atoms with van der Waals surface area (Å²) >= 11 is 0. The average molecular weight is 271 g/mol. The first kappa shape index (κ1) is 13.2. The van der Waals surface area contributed by atoms with Gasteiger partial charge in [-0.1, -0.05) is 25.5 Å². The molecule has 1 aliphatic carbocycles. The van der Waals surface area contributed by atoms with Gasteiger partial charge in [-0.05, 0) is 43.7 Å². The van der Waals surface area contributed by atoms with Crippen molar-refractivity contribution in [3.8, 4) is 0 Å². The minimum absolute atomic E-state index is 0.421. The van der Waals surface area contributed by atoms with Crippen LogP contribution in [0.3, 0.4) is 0 Å². The Morgan fingerprint density at radius 2 is 2.00 bits per heavy atom. The summed E-state index contributed by atoms with van der Waals surface area (Å²) in [4.78, 5) is 11.4. The molecule has 3 heteroatoms. The molecule has 0 spiro atoms. The van der Waals surface area contributed by atoms with Gasteiger partial charge in [0.2, 0.25) is 0 Å². The first-order valence-electron chi connectivity index (χ1n) is 7.53. The number of aromatic carboxylic acids is 1. The molecule has 1 aliphatic rings. The lowest BCUT2D eigenvalue weighted by atomic mass is 9.84. The summed E-state index contributed by atoms with van der Waals surface area (Å²) in [5.41, 5.74) is 1.31. The lowest BCUT2D eigenvalue weighted by molar-refractivity contribution is 0.0698. The van der Waals surface area contributed by atoms with Crippen LogP contribution in [-0.4, -0.2) is 15.6 Å². The molecule has 0 bridgehead atoms. The molecule has 3 nitrogen and oxygen atoms in total. The van der Waals surface area contributed by atoms with Gasteiger partial charge in [-0.15, -0.1) is 0 Å². The number of hydrogen-bond acceptors (Lipinski definition) is 1. The minimum atomic E-state index is -0.835. The van der Waals surface area contributed by atoms with E-state index in [1.54, 1.807) is 6.07 Å². The summed E-state index contributed by atoms with van der Waals surface area (Å²) in [5.74, 6) is 0.0183. The Balaban J connectivity index is 1.98. The van der Waals surface area contributed by atoms with Crippen LogP contribution in [0.5, 0.6) is 0 Å². The third-order valence-electron chi connectivity index (χ3n) is 4.76. The highest BCUT2D eigenvalue weighted by Gasteiger charge is 2.23. The largest absolute Gasteiger partial charge is 0.478 e. The summed E-state index contributed by atoms with van der Waals surface area (Å²) in [7, 11) is 0. The maximum Gasteiger partial charge on any atom is 0.337 e. The van der Waals surface area contributed by atoms with E-state index in [0.717, 1.165) is 29.7 Å². The molecule has 1 saturated carbocycles. The Labute approximate surface area is 119 Å². The van der Waals surface area contributed by atoms with Crippen LogP contribution in [0.1, 0.15) is 55.4 Å². The van der Waals surface area contributed by atoms with E-state index in [0.29, 0.717) is 11.6 Å². The van der Waals surface area contributed by atoms with Gasteiger partial charge in [-0.25, -0.2) is 4.79 Å². The van der Waals surface area contributed by atoms with Crippen molar-refractivity contribution in [3.63, 3.8) is 0 Å². The molecule has 1 aromatic heterocycles. The van der Waals surface area contributed by atoms with Crippen molar-refractivity contribution in [3.05, 3.63) is 36.0 Å². The number of para-hydroxylation sites is 1. The molecule has 1 N–H and O–H groups in total. The van der Waals surface area contributed by atoms with E-state index in [1.807, 2.05) is 18.2 Å². The molecule has 0 aliphatic heterocycles. The molecule has 106 valence electrons. The molecule has 1 heterocycles. The van der Waals surface area contributed by atoms with Gasteiger partial charge in [-0.2, -0.15) is 0 Å². The molecule has 0 atom stereocenters. The number of nitrogens with zero attached hydrogens (tertiary/aromatic N) is 1. The van der Waals surface area contributed by atoms with E-state index in [9.17, 15) is 9.90 Å². The van der Waals surface area contributed by atoms with Crippen LogP contribution < -0.4 is 0 Å². The zero-order valence-electron chi connectivity index (χ0n) is 11.9. The second-order valence-corrected chi connectivity index (χ2v) is 5.85. The van der Waals surface area contributed by atoms with Crippen LogP contribution in [0.15, 0.2) is 30.5 Å². The molecular formula is C17H21NO2. The number of fused-ring (bicyclic) bond motifs is 1. The number of rotatable bonds is 3. The van der Waals surface area contributed by atoms with E-state index in [1.165, 1.54) is 19.3 Å². The third-order valence-corrected chi connectivity index (χ3v) is 4.76. The second-order valence-electron chi connectivity index (χ2n) is 5.85. The smallest absolute Gasteiger partial charge is 0.337 e. The van der Waals surface area contributed by atoms with Crippen molar-refractivity contribution in [2.45, 2.75) is 45.1 Å². The minimum Gasteiger partial charge on any atom is -0.478 e. The number of carboxylic acids is 1. The summed E-state index contributed by atoms with van der Waals surface area (Å²) < 4.78 is 2.20. The van der Waals surface area contributed by atoms with Crippen LogP contribution >= 0.6 is 0 Å². The van der Waals surface area contributed by atoms with Crippen LogP contribution in [0, 0.1) is 5.92 Å². The van der Waals surface area contributed by atoms with Gasteiger partial charge in [-0.3, -0.25) is 0 Å². The van der Waals surface area contributed by atoms with Gasteiger partial charge in [0.15, 0.2) is 0 Å². The number of aromatic nitrogens is 1. The fourth-order valence-electron chi connectivity index (χ4n) is 3.53. The molecule has 0 amide bonds. The predicted octanol–water partition coefficient (Wildman–Crippen LogP) is 4.48. The Morgan fingerprint density at radius 1 is 1.25 bits per heavy atom. The SMILES string of the molecule is CCC1CCC(n2ccc3cccc(C(=O)O)c32)CC1. The third kappa shape index (κ3) is 2.21. The van der Waals surface area contributed by atoms with Gasteiger partial charge >= 0.3 is 5.97 Å². The molecule has 3 rings (SSSR count). The number of benzene rings is 1. The lowest BCUT2D eigenvalue weighted by Gasteiger charge is -2.29. The Hall–Kier alpha value is -1.77. The molecule has 0 unspecified atom stereocenters. The van der Waals surface area contributed by atoms with E-state index >= 15 is 0 Å². The topological polar surface area (TPSA) is 42.2 Å². The summed E-state index contributed by atoms with van der Waals surface area (Å²) in [6.45, 7) is 2.26. The quantitative estimate of drug-likeness (QED) is 0.894. The van der Waals surface area contributed by atoms with E-state index in [2.05, 4.69) is 17.7 Å². The number of hydrogen-bond donors (Lipinski definition) is 1. The lowest BCUT2D eigenvalue weighted by Crippen LogP contribution is -2.18. The standard InChI is InChI=1S/C17H21NO2/c1-2-12-6-8-14(9-7-12)18-11-10-13-4-3-5-15(16(13)18)17(19)20/h3-5,10-12,14H,2,6-9H2,1H3,(H,19,20). The molecule has 0 saturated heterocycles. The number of carboxylic acid groups (broad SMARTS) is 1. The zero-order chi connectivity index (χ0) is 14.1. The van der Waals surface area contributed by atoms with Crippen LogP contribution in [0.25, 0.3) is 10.9 Å². The molecule has 0 radical (unpaired) electrons. The van der Waals surface area contributed by atoms with E-state index < -0.39 is 5.97 Å². The zero-order valence-corrected chi connectivity index (χ0v) is 11.9. The average Bonchev–Trinajstić information content (AvgIpc) is 2.91. The van der Waals surface area contributed by atoms with Crippen molar-refractivity contribution in [1.29, 1.82) is 0 Å². The summed E-state index contributed by atoms with van der Waals surface area (Å²) in [6.07, 6.45) is 8.17. The van der Waals surface area contributed by atoms with Crippen LogP contribution in [0.2, 0.25) is 0 Å². The Bertz CT molecular complexity index is 621. The molecule has 1 fully saturated rings. The van der Waals surface area contributed by atoms with Crippen molar-refractivity contribution in [2.75, 3.05) is 0 Å². The highest BCUT2D eigenvalue weighted by atomic mass is 16.4. The molecule has 1 aromatic carbocycles. The summed E-state index contributed by atoms with van der Waals surface area (Å²) in [5, 5.41) is 10.4. The first-order valence-corrected chi connectivity index (χ1v) is 7.53. The molecule has 2 aromatic rings. The van der Waals surface area contributed by atoms with Crippen molar-refractivity contribution < 1.29 is 9.90 Å². The second kappa shape index (κ2) is 5.31. The van der Waals surface area contributed by atoms with Gasteiger partial charge in [0.05, 0.1) is 11.1 Å². The van der Waals surface area contributed by atoms with Gasteiger partial charge in [0, 0.05) is 17.6 Å². The van der Waals surface area contributed by atoms with Crippen molar-refractivity contribution >= 4 is 16.9 Å². The van der Waals surface area contributed by atoms with Gasteiger partial charge in [0.25, 0.3) is 0 Å². The normalized spacial score (nSPS) is 23.1. The highest BCUT2D eigenvalue weighted by molar-refractivity contribution is 6.02. The van der Waals surface area contributed by atoms with Crippen LogP contribution in [0.4, 0.5) is 0 Å². The van der Waals surface area contributed by atoms with E-state index in [4.69, 9.17) is 0 Å². The van der Waals surface area contributed by atoms with Gasteiger partial charge < -0.3 is 9.67 Å². The summed E-state index contributed by atoms with van der Waals surface area (Å²) in [6, 6.07) is 8.02. The van der Waals surface area contributed by atoms with E-state index in [-0.39, 0.29) is 0 Å². The predicted molar refractivity (Wildman–Crippen MR) is 80.2 cm³/mol. The van der Waals surface area contributed by atoms with Gasteiger partial charge in [0.1, 0.15) is 0 Å². The Kier molecular flexibility index (Phi) is 3.51. The molecular weight excluding hydrogens is 250 g/mol. The maximum atomic E-state index is 11.4. The molecule has 20 heavy (non-hydrogen) atoms. The number of carbonyl (C=O) groups is 1. The Morgan fingerprint density at radius 3 is 2.65 bits per heavy atom. The van der Waals surface area contributed by atoms with Crippen molar-refractivity contribution in [1.82, 2.24) is 4.57 Å². The fourth-order valence-corrected chi connectivity index (χ4v) is 3.53. The monoisotopic (exact) mass is 271 g/mol. The first-order chi connectivity index (χ1) is 9.70.